The predicted molar refractivity (Wildman–Crippen MR) is 94.5 cm³/mol. The first-order chi connectivity index (χ1) is 11.3. The number of benzene rings is 1. The number of nitrogens with zero attached hydrogens (tertiary/aromatic N) is 2. The van der Waals surface area contributed by atoms with Crippen LogP contribution in [0.2, 0.25) is 0 Å². The molecule has 124 valence electrons. The number of carbonyl (C=O) groups is 1. The molecule has 24 heavy (non-hydrogen) atoms. The molecule has 0 aliphatic heterocycles. The van der Waals surface area contributed by atoms with Gasteiger partial charge in [-0.3, -0.25) is 0 Å². The van der Waals surface area contributed by atoms with Crippen LogP contribution in [0.15, 0.2) is 30.3 Å². The summed E-state index contributed by atoms with van der Waals surface area (Å²) in [6, 6.07) is 9.54. The summed E-state index contributed by atoms with van der Waals surface area (Å²) in [5.74, 6) is 6.13. The molecule has 0 spiro atoms. The molecule has 0 N–H and O–H groups in total. The van der Waals surface area contributed by atoms with Crippen LogP contribution in [0, 0.1) is 24.2 Å². The Kier molecular flexibility index (Phi) is 5.35. The van der Waals surface area contributed by atoms with Crippen LogP contribution >= 0.6 is 0 Å². The molecule has 0 atom stereocenters. The first kappa shape index (κ1) is 17.7. The lowest BCUT2D eigenvalue weighted by atomic mass is 9.98. The van der Waals surface area contributed by atoms with Gasteiger partial charge >= 0.3 is 5.97 Å². The quantitative estimate of drug-likeness (QED) is 0.632. The minimum Gasteiger partial charge on any atom is -0.462 e. The van der Waals surface area contributed by atoms with Crippen molar-refractivity contribution < 1.29 is 9.53 Å². The Labute approximate surface area is 143 Å². The van der Waals surface area contributed by atoms with E-state index in [-0.39, 0.29) is 5.41 Å². The van der Waals surface area contributed by atoms with Crippen LogP contribution in [0.1, 0.15) is 49.6 Å². The summed E-state index contributed by atoms with van der Waals surface area (Å²) in [5.41, 5.74) is 2.21. The zero-order chi connectivity index (χ0) is 17.7. The Morgan fingerprint density at radius 2 is 1.83 bits per heavy atom. The maximum absolute atomic E-state index is 12.3. The normalized spacial score (nSPS) is 10.7. The fourth-order valence-corrected chi connectivity index (χ4v) is 2.12. The lowest BCUT2D eigenvalue weighted by Crippen LogP contribution is -2.13. The molecule has 0 bridgehead atoms. The molecule has 0 saturated carbocycles. The van der Waals surface area contributed by atoms with E-state index in [0.29, 0.717) is 29.4 Å². The van der Waals surface area contributed by atoms with Gasteiger partial charge < -0.3 is 4.74 Å². The molecule has 4 nitrogen and oxygen atoms in total. The van der Waals surface area contributed by atoms with E-state index < -0.39 is 5.97 Å². The predicted octanol–water partition coefficient (Wildman–Crippen LogP) is 4.03. The smallest absolute Gasteiger partial charge is 0.342 e. The topological polar surface area (TPSA) is 52.1 Å². The van der Waals surface area contributed by atoms with E-state index in [0.717, 1.165) is 5.56 Å². The lowest BCUT2D eigenvalue weighted by Gasteiger charge is -2.11. The van der Waals surface area contributed by atoms with Crippen LogP contribution in [-0.2, 0) is 4.74 Å². The van der Waals surface area contributed by atoms with Crippen LogP contribution < -0.4 is 0 Å². The van der Waals surface area contributed by atoms with Gasteiger partial charge in [0.1, 0.15) is 5.56 Å². The van der Waals surface area contributed by atoms with E-state index in [4.69, 9.17) is 4.74 Å². The molecule has 1 aromatic carbocycles. The summed E-state index contributed by atoms with van der Waals surface area (Å²) in [4.78, 5) is 21.3. The van der Waals surface area contributed by atoms with Crippen LogP contribution in [0.4, 0.5) is 0 Å². The first-order valence-electron chi connectivity index (χ1n) is 7.96. The summed E-state index contributed by atoms with van der Waals surface area (Å²) in [6.07, 6.45) is 0. The lowest BCUT2D eigenvalue weighted by molar-refractivity contribution is 0.0525. The maximum Gasteiger partial charge on any atom is 0.342 e. The minimum absolute atomic E-state index is 0.149. The zero-order valence-electron chi connectivity index (χ0n) is 14.8. The number of esters is 1. The monoisotopic (exact) mass is 322 g/mol. The van der Waals surface area contributed by atoms with E-state index in [1.54, 1.807) is 13.8 Å². The highest BCUT2D eigenvalue weighted by Crippen LogP contribution is 2.24. The van der Waals surface area contributed by atoms with Gasteiger partial charge in [0.05, 0.1) is 18.0 Å². The number of rotatable bonds is 3. The van der Waals surface area contributed by atoms with E-state index >= 15 is 0 Å². The van der Waals surface area contributed by atoms with Gasteiger partial charge in [-0.15, -0.1) is 0 Å². The summed E-state index contributed by atoms with van der Waals surface area (Å²) >= 11 is 0. The summed E-state index contributed by atoms with van der Waals surface area (Å²) in [5, 5.41) is 0. The summed E-state index contributed by atoms with van der Waals surface area (Å²) < 4.78 is 5.17. The van der Waals surface area contributed by atoms with Crippen molar-refractivity contribution in [1.82, 2.24) is 9.97 Å². The van der Waals surface area contributed by atoms with E-state index in [1.807, 2.05) is 51.1 Å². The molecule has 0 radical (unpaired) electrons. The van der Waals surface area contributed by atoms with Gasteiger partial charge in [0.25, 0.3) is 0 Å². The van der Waals surface area contributed by atoms with Gasteiger partial charge in [-0.1, -0.05) is 36.3 Å². The molecule has 0 saturated heterocycles. The molecule has 0 unspecified atom stereocenters. The van der Waals surface area contributed by atoms with Gasteiger partial charge in [0.15, 0.2) is 0 Å². The molecule has 2 rings (SSSR count). The van der Waals surface area contributed by atoms with Crippen molar-refractivity contribution in [3.05, 3.63) is 47.4 Å². The van der Waals surface area contributed by atoms with Crippen LogP contribution in [0.3, 0.4) is 0 Å². The Balaban J connectivity index is 2.64. The molecule has 0 aliphatic carbocycles. The number of hydrogen-bond donors (Lipinski definition) is 0. The molecule has 0 amide bonds. The second kappa shape index (κ2) is 7.27. The zero-order valence-corrected chi connectivity index (χ0v) is 14.8. The highest BCUT2D eigenvalue weighted by Gasteiger charge is 2.20. The maximum atomic E-state index is 12.3. The molecule has 0 fully saturated rings. The molecule has 4 heteroatoms. The second-order valence-electron chi connectivity index (χ2n) is 6.44. The van der Waals surface area contributed by atoms with Gasteiger partial charge in [0.2, 0.25) is 5.82 Å². The average molecular weight is 322 g/mol. The van der Waals surface area contributed by atoms with Crippen LogP contribution in [-0.4, -0.2) is 22.5 Å². The molecule has 1 aromatic heterocycles. The number of ether oxygens (including phenoxy) is 1. The number of carbonyl (C=O) groups excluding carboxylic acids is 1. The van der Waals surface area contributed by atoms with Gasteiger partial charge in [-0.25, -0.2) is 14.8 Å². The van der Waals surface area contributed by atoms with Crippen molar-refractivity contribution in [2.45, 2.75) is 34.6 Å². The van der Waals surface area contributed by atoms with E-state index in [1.165, 1.54) is 0 Å². The number of aryl methyl sites for hydroxylation is 1. The second-order valence-corrected chi connectivity index (χ2v) is 6.44. The van der Waals surface area contributed by atoms with Crippen molar-refractivity contribution in [2.75, 3.05) is 6.61 Å². The molecular formula is C20H22N2O2. The third-order valence-corrected chi connectivity index (χ3v) is 3.17. The minimum atomic E-state index is -0.413. The largest absolute Gasteiger partial charge is 0.462 e. The first-order valence-corrected chi connectivity index (χ1v) is 7.96. The third kappa shape index (κ3) is 4.42. The Morgan fingerprint density at radius 3 is 2.42 bits per heavy atom. The Bertz CT molecular complexity index is 794. The van der Waals surface area contributed by atoms with Crippen LogP contribution in [0.25, 0.3) is 11.3 Å². The van der Waals surface area contributed by atoms with E-state index in [2.05, 4.69) is 21.8 Å². The standard InChI is InChI=1S/C20H22N2O2/c1-6-24-19(23)17-14(2)21-16(12-13-20(3,4)5)22-18(17)15-10-8-7-9-11-15/h7-11H,6H2,1-5H3. The Morgan fingerprint density at radius 1 is 1.17 bits per heavy atom. The highest BCUT2D eigenvalue weighted by molar-refractivity contribution is 5.97. The average Bonchev–Trinajstić information content (AvgIpc) is 2.52. The van der Waals surface area contributed by atoms with Gasteiger partial charge in [-0.05, 0) is 40.5 Å². The van der Waals surface area contributed by atoms with Crippen molar-refractivity contribution >= 4 is 5.97 Å². The molecule has 2 aromatic rings. The molecular weight excluding hydrogens is 300 g/mol. The molecule has 0 aliphatic rings. The fraction of sp³-hybridized carbons (Fsp3) is 0.350. The van der Waals surface area contributed by atoms with Gasteiger partial charge in [-0.2, -0.15) is 0 Å². The molecule has 1 heterocycles. The number of hydrogen-bond acceptors (Lipinski definition) is 4. The van der Waals surface area contributed by atoms with Crippen molar-refractivity contribution in [1.29, 1.82) is 0 Å². The van der Waals surface area contributed by atoms with Crippen molar-refractivity contribution in [2.24, 2.45) is 5.41 Å². The third-order valence-electron chi connectivity index (χ3n) is 3.17. The van der Waals surface area contributed by atoms with Crippen molar-refractivity contribution in [3.8, 4) is 23.1 Å². The SMILES string of the molecule is CCOC(=O)c1c(C)nc(C#CC(C)(C)C)nc1-c1ccccc1. The highest BCUT2D eigenvalue weighted by atomic mass is 16.5. The number of aromatic nitrogens is 2. The summed E-state index contributed by atoms with van der Waals surface area (Å²) in [6.45, 7) is 9.94. The van der Waals surface area contributed by atoms with Crippen molar-refractivity contribution in [3.63, 3.8) is 0 Å². The van der Waals surface area contributed by atoms with Gasteiger partial charge in [0, 0.05) is 11.0 Å². The van der Waals surface area contributed by atoms with E-state index in [9.17, 15) is 4.79 Å². The fourth-order valence-electron chi connectivity index (χ4n) is 2.12. The Hall–Kier alpha value is -2.67. The van der Waals surface area contributed by atoms with Crippen LogP contribution in [0.5, 0.6) is 0 Å². The summed E-state index contributed by atoms with van der Waals surface area (Å²) in [7, 11) is 0.